The monoisotopic (exact) mass is 266 g/mol. The quantitative estimate of drug-likeness (QED) is 0.795. The summed E-state index contributed by atoms with van der Waals surface area (Å²) < 4.78 is 4.94. The lowest BCUT2D eigenvalue weighted by Crippen LogP contribution is -2.29. The average Bonchev–Trinajstić information content (AvgIpc) is 2.29. The second kappa shape index (κ2) is 6.38. The van der Waals surface area contributed by atoms with Gasteiger partial charge in [0.25, 0.3) is 0 Å². The Kier molecular flexibility index (Phi) is 5.36. The molecule has 0 bridgehead atoms. The van der Waals surface area contributed by atoms with Gasteiger partial charge >= 0.3 is 5.97 Å². The summed E-state index contributed by atoms with van der Waals surface area (Å²) >= 11 is 0. The van der Waals surface area contributed by atoms with Gasteiger partial charge in [0.1, 0.15) is 0 Å². The molecule has 3 heteroatoms. The molecule has 0 aromatic carbocycles. The van der Waals surface area contributed by atoms with Crippen molar-refractivity contribution in [3.63, 3.8) is 0 Å². The van der Waals surface area contributed by atoms with Crippen LogP contribution >= 0.6 is 0 Å². The van der Waals surface area contributed by atoms with Crippen molar-refractivity contribution in [1.82, 2.24) is 0 Å². The smallest absolute Gasteiger partial charge is 0.306 e. The molecule has 19 heavy (non-hydrogen) atoms. The van der Waals surface area contributed by atoms with E-state index < -0.39 is 6.10 Å². The number of rotatable bonds is 4. The van der Waals surface area contributed by atoms with Crippen molar-refractivity contribution in [2.75, 3.05) is 6.61 Å². The van der Waals surface area contributed by atoms with Gasteiger partial charge in [0.2, 0.25) is 0 Å². The van der Waals surface area contributed by atoms with Crippen molar-refractivity contribution in [2.45, 2.75) is 53.6 Å². The van der Waals surface area contributed by atoms with Crippen LogP contribution in [-0.4, -0.2) is 23.8 Å². The average molecular weight is 266 g/mol. The van der Waals surface area contributed by atoms with Gasteiger partial charge in [0.05, 0.1) is 12.7 Å². The molecular weight excluding hydrogens is 240 g/mol. The van der Waals surface area contributed by atoms with Crippen LogP contribution in [0.3, 0.4) is 0 Å². The van der Waals surface area contributed by atoms with E-state index in [1.54, 1.807) is 0 Å². The van der Waals surface area contributed by atoms with E-state index in [2.05, 4.69) is 26.8 Å². The molecule has 0 heterocycles. The second-order valence-corrected chi connectivity index (χ2v) is 6.20. The highest BCUT2D eigenvalue weighted by atomic mass is 16.5. The predicted molar refractivity (Wildman–Crippen MR) is 76.7 cm³/mol. The van der Waals surface area contributed by atoms with Crippen LogP contribution in [0, 0.1) is 11.3 Å². The Balaban J connectivity index is 2.76. The lowest BCUT2D eigenvalue weighted by atomic mass is 9.75. The topological polar surface area (TPSA) is 46.5 Å². The molecule has 108 valence electrons. The Labute approximate surface area is 116 Å². The first kappa shape index (κ1) is 16.0. The largest absolute Gasteiger partial charge is 0.466 e. The molecule has 0 spiro atoms. The van der Waals surface area contributed by atoms with E-state index in [4.69, 9.17) is 4.74 Å². The zero-order valence-corrected chi connectivity index (χ0v) is 12.7. The zero-order valence-electron chi connectivity index (χ0n) is 12.7. The fourth-order valence-corrected chi connectivity index (χ4v) is 2.34. The summed E-state index contributed by atoms with van der Waals surface area (Å²) in [6.07, 6.45) is 4.75. The third-order valence-corrected chi connectivity index (χ3v) is 3.42. The van der Waals surface area contributed by atoms with Gasteiger partial charge in [-0.15, -0.1) is 0 Å². The van der Waals surface area contributed by atoms with Gasteiger partial charge in [-0.2, -0.15) is 0 Å². The SMILES string of the molecule is CCOC(=O)CCC1=CC(C)C(O)C(C(C)(C)C)=C1. The third-order valence-electron chi connectivity index (χ3n) is 3.42. The van der Waals surface area contributed by atoms with Crippen LogP contribution in [0.5, 0.6) is 0 Å². The number of carbonyl (C=O) groups excluding carboxylic acids is 1. The molecule has 1 aliphatic carbocycles. The van der Waals surface area contributed by atoms with E-state index in [9.17, 15) is 9.90 Å². The lowest BCUT2D eigenvalue weighted by molar-refractivity contribution is -0.143. The molecule has 0 saturated heterocycles. The number of aliphatic hydroxyl groups excluding tert-OH is 1. The summed E-state index contributed by atoms with van der Waals surface area (Å²) in [5.41, 5.74) is 2.11. The van der Waals surface area contributed by atoms with Gasteiger partial charge in [-0.25, -0.2) is 0 Å². The van der Waals surface area contributed by atoms with Crippen molar-refractivity contribution in [1.29, 1.82) is 0 Å². The molecular formula is C16H26O3. The van der Waals surface area contributed by atoms with Gasteiger partial charge in [-0.3, -0.25) is 4.79 Å². The number of esters is 1. The Bertz CT molecular complexity index is 385. The maximum absolute atomic E-state index is 11.4. The first-order chi connectivity index (χ1) is 8.75. The third kappa shape index (κ3) is 4.50. The van der Waals surface area contributed by atoms with Crippen LogP contribution in [0.1, 0.15) is 47.5 Å². The molecule has 0 saturated carbocycles. The molecule has 0 radical (unpaired) electrons. The van der Waals surface area contributed by atoms with E-state index in [0.29, 0.717) is 19.4 Å². The van der Waals surface area contributed by atoms with Crippen molar-refractivity contribution in [3.05, 3.63) is 23.3 Å². The van der Waals surface area contributed by atoms with Crippen LogP contribution < -0.4 is 0 Å². The molecule has 0 aliphatic heterocycles. The molecule has 3 nitrogen and oxygen atoms in total. The highest BCUT2D eigenvalue weighted by Crippen LogP contribution is 2.36. The molecule has 0 aromatic heterocycles. The fourth-order valence-electron chi connectivity index (χ4n) is 2.34. The van der Waals surface area contributed by atoms with Crippen LogP contribution in [0.4, 0.5) is 0 Å². The lowest BCUT2D eigenvalue weighted by Gasteiger charge is -2.33. The summed E-state index contributed by atoms with van der Waals surface area (Å²) in [7, 11) is 0. The summed E-state index contributed by atoms with van der Waals surface area (Å²) in [5.74, 6) is -0.0655. The van der Waals surface area contributed by atoms with Crippen molar-refractivity contribution < 1.29 is 14.6 Å². The van der Waals surface area contributed by atoms with Gasteiger partial charge in [0.15, 0.2) is 0 Å². The Morgan fingerprint density at radius 3 is 2.58 bits per heavy atom. The molecule has 1 aliphatic rings. The van der Waals surface area contributed by atoms with Crippen LogP contribution in [-0.2, 0) is 9.53 Å². The van der Waals surface area contributed by atoms with E-state index in [1.807, 2.05) is 19.9 Å². The number of ether oxygens (including phenoxy) is 1. The summed E-state index contributed by atoms with van der Waals surface area (Å²) in [6, 6.07) is 0. The highest BCUT2D eigenvalue weighted by Gasteiger charge is 2.29. The normalized spacial score (nSPS) is 23.7. The minimum absolute atomic E-state index is 0.0584. The minimum atomic E-state index is -0.425. The Hall–Kier alpha value is -1.09. The maximum Gasteiger partial charge on any atom is 0.306 e. The molecule has 2 atom stereocenters. The zero-order chi connectivity index (χ0) is 14.6. The van der Waals surface area contributed by atoms with Crippen molar-refractivity contribution >= 4 is 5.97 Å². The summed E-state index contributed by atoms with van der Waals surface area (Å²) in [4.78, 5) is 11.4. The fraction of sp³-hybridized carbons (Fsp3) is 0.688. The number of carbonyl (C=O) groups is 1. The van der Waals surface area contributed by atoms with Gasteiger partial charge in [-0.1, -0.05) is 45.4 Å². The first-order valence-corrected chi connectivity index (χ1v) is 7.02. The Morgan fingerprint density at radius 1 is 1.42 bits per heavy atom. The van der Waals surface area contributed by atoms with Gasteiger partial charge < -0.3 is 9.84 Å². The van der Waals surface area contributed by atoms with Gasteiger partial charge in [-0.05, 0) is 24.3 Å². The molecule has 0 fully saturated rings. The highest BCUT2D eigenvalue weighted by molar-refractivity contribution is 5.69. The standard InChI is InChI=1S/C16H26O3/c1-6-19-14(17)8-7-12-9-11(2)15(18)13(10-12)16(3,4)5/h9-11,15,18H,6-8H2,1-5H3. The number of hydrogen-bond donors (Lipinski definition) is 1. The Morgan fingerprint density at radius 2 is 2.05 bits per heavy atom. The van der Waals surface area contributed by atoms with Gasteiger partial charge in [0, 0.05) is 12.3 Å². The second-order valence-electron chi connectivity index (χ2n) is 6.20. The molecule has 0 aromatic rings. The molecule has 2 unspecified atom stereocenters. The number of hydrogen-bond acceptors (Lipinski definition) is 3. The van der Waals surface area contributed by atoms with E-state index in [-0.39, 0.29) is 17.3 Å². The summed E-state index contributed by atoms with van der Waals surface area (Å²) in [6.45, 7) is 10.5. The number of allylic oxidation sites excluding steroid dienone is 2. The maximum atomic E-state index is 11.4. The van der Waals surface area contributed by atoms with E-state index in [0.717, 1.165) is 11.1 Å². The molecule has 0 amide bonds. The number of aliphatic hydroxyl groups is 1. The minimum Gasteiger partial charge on any atom is -0.466 e. The van der Waals surface area contributed by atoms with Crippen LogP contribution in [0.2, 0.25) is 0 Å². The molecule has 1 rings (SSSR count). The van der Waals surface area contributed by atoms with Crippen molar-refractivity contribution in [2.24, 2.45) is 11.3 Å². The van der Waals surface area contributed by atoms with E-state index in [1.165, 1.54) is 0 Å². The summed E-state index contributed by atoms with van der Waals surface area (Å²) in [5, 5.41) is 10.2. The van der Waals surface area contributed by atoms with E-state index >= 15 is 0 Å². The predicted octanol–water partition coefficient (Wildman–Crippen LogP) is 3.24. The van der Waals surface area contributed by atoms with Crippen molar-refractivity contribution in [3.8, 4) is 0 Å². The first-order valence-electron chi connectivity index (χ1n) is 7.02. The molecule has 1 N–H and O–H groups in total. The van der Waals surface area contributed by atoms with Crippen LogP contribution in [0.15, 0.2) is 23.3 Å². The van der Waals surface area contributed by atoms with Crippen LogP contribution in [0.25, 0.3) is 0 Å².